The van der Waals surface area contributed by atoms with Gasteiger partial charge in [0.05, 0.1) is 0 Å². The van der Waals surface area contributed by atoms with Crippen LogP contribution in [0.1, 0.15) is 31.4 Å². The van der Waals surface area contributed by atoms with Crippen molar-refractivity contribution in [3.63, 3.8) is 0 Å². The molecule has 1 amide bonds. The summed E-state index contributed by atoms with van der Waals surface area (Å²) in [5.41, 5.74) is 1.26. The molecule has 110 valence electrons. The van der Waals surface area contributed by atoms with Crippen LogP contribution >= 0.6 is 0 Å². The fourth-order valence-electron chi connectivity index (χ4n) is 3.08. The van der Waals surface area contributed by atoms with E-state index in [9.17, 15) is 4.79 Å². The van der Waals surface area contributed by atoms with Crippen LogP contribution in [0.2, 0.25) is 0 Å². The number of likely N-dealkylation sites (N-methyl/N-ethyl adjacent to an activating group) is 1. The van der Waals surface area contributed by atoms with E-state index in [1.165, 1.54) is 16.3 Å². The normalized spacial score (nSPS) is 16.6. The molecule has 0 spiro atoms. The molecule has 2 aromatic carbocycles. The van der Waals surface area contributed by atoms with Crippen molar-refractivity contribution in [3.05, 3.63) is 48.0 Å². The van der Waals surface area contributed by atoms with Crippen molar-refractivity contribution in [1.29, 1.82) is 0 Å². The van der Waals surface area contributed by atoms with Crippen LogP contribution in [0.5, 0.6) is 0 Å². The Morgan fingerprint density at radius 1 is 1.19 bits per heavy atom. The summed E-state index contributed by atoms with van der Waals surface area (Å²) in [6, 6.07) is 15.2. The molecule has 1 saturated heterocycles. The molecule has 3 heteroatoms. The van der Waals surface area contributed by atoms with Crippen LogP contribution in [-0.4, -0.2) is 30.4 Å². The topological polar surface area (TPSA) is 32.3 Å². The lowest BCUT2D eigenvalue weighted by Gasteiger charge is -2.25. The predicted molar refractivity (Wildman–Crippen MR) is 86.2 cm³/mol. The molecule has 21 heavy (non-hydrogen) atoms. The van der Waals surface area contributed by atoms with Crippen LogP contribution < -0.4 is 5.32 Å². The van der Waals surface area contributed by atoms with E-state index in [1.807, 2.05) is 4.90 Å². The summed E-state index contributed by atoms with van der Waals surface area (Å²) in [4.78, 5) is 13.8. The van der Waals surface area contributed by atoms with Gasteiger partial charge in [0.2, 0.25) is 5.91 Å². The monoisotopic (exact) mass is 282 g/mol. The van der Waals surface area contributed by atoms with E-state index in [4.69, 9.17) is 0 Å². The first-order chi connectivity index (χ1) is 10.3. The Morgan fingerprint density at radius 2 is 2.00 bits per heavy atom. The molecule has 1 aliphatic heterocycles. The van der Waals surface area contributed by atoms with E-state index in [1.54, 1.807) is 0 Å². The van der Waals surface area contributed by atoms with Gasteiger partial charge in [0.25, 0.3) is 0 Å². The molecule has 1 unspecified atom stereocenters. The maximum absolute atomic E-state index is 11.9. The lowest BCUT2D eigenvalue weighted by Crippen LogP contribution is -2.35. The summed E-state index contributed by atoms with van der Waals surface area (Å²) in [7, 11) is 0. The van der Waals surface area contributed by atoms with Crippen LogP contribution in [0.4, 0.5) is 0 Å². The van der Waals surface area contributed by atoms with Gasteiger partial charge >= 0.3 is 0 Å². The molecule has 1 N–H and O–H groups in total. The fourth-order valence-corrected chi connectivity index (χ4v) is 3.08. The highest BCUT2D eigenvalue weighted by molar-refractivity contribution is 5.83. The van der Waals surface area contributed by atoms with Gasteiger partial charge in [-0.1, -0.05) is 43.3 Å². The molecule has 1 fully saturated rings. The molecule has 3 nitrogen and oxygen atoms in total. The third-order valence-corrected chi connectivity index (χ3v) is 4.20. The number of fused-ring (bicyclic) bond motifs is 1. The molecular formula is C18H22N2O. The highest BCUT2D eigenvalue weighted by Crippen LogP contribution is 2.23. The Balaban J connectivity index is 1.85. The molecule has 0 aliphatic carbocycles. The average molecular weight is 282 g/mol. The molecule has 1 heterocycles. The van der Waals surface area contributed by atoms with E-state index < -0.39 is 0 Å². The molecule has 0 saturated carbocycles. The summed E-state index contributed by atoms with van der Waals surface area (Å²) in [5.74, 6) is 0.290. The van der Waals surface area contributed by atoms with Gasteiger partial charge in [-0.3, -0.25) is 4.79 Å². The zero-order valence-electron chi connectivity index (χ0n) is 12.5. The van der Waals surface area contributed by atoms with Gasteiger partial charge in [0, 0.05) is 25.6 Å². The van der Waals surface area contributed by atoms with E-state index in [2.05, 4.69) is 54.7 Å². The Labute approximate surface area is 125 Å². The third-order valence-electron chi connectivity index (χ3n) is 4.20. The number of hydrogen-bond donors (Lipinski definition) is 1. The van der Waals surface area contributed by atoms with Crippen molar-refractivity contribution in [3.8, 4) is 0 Å². The van der Waals surface area contributed by atoms with E-state index in [0.717, 1.165) is 26.1 Å². The summed E-state index contributed by atoms with van der Waals surface area (Å²) >= 11 is 0. The SMILES string of the molecule is CCNC(CN1CCCC1=O)c1ccc2ccccc2c1. The highest BCUT2D eigenvalue weighted by atomic mass is 16.2. The average Bonchev–Trinajstić information content (AvgIpc) is 2.91. The molecule has 3 rings (SSSR count). The zero-order valence-corrected chi connectivity index (χ0v) is 12.5. The second kappa shape index (κ2) is 6.27. The number of amides is 1. The van der Waals surface area contributed by atoms with Crippen molar-refractivity contribution in [1.82, 2.24) is 10.2 Å². The second-order valence-electron chi connectivity index (χ2n) is 5.66. The number of hydrogen-bond acceptors (Lipinski definition) is 2. The quantitative estimate of drug-likeness (QED) is 0.914. The minimum Gasteiger partial charge on any atom is -0.341 e. The van der Waals surface area contributed by atoms with E-state index in [0.29, 0.717) is 12.3 Å². The van der Waals surface area contributed by atoms with Gasteiger partial charge in [-0.25, -0.2) is 0 Å². The van der Waals surface area contributed by atoms with Crippen molar-refractivity contribution >= 4 is 16.7 Å². The third kappa shape index (κ3) is 3.08. The largest absolute Gasteiger partial charge is 0.341 e. The van der Waals surface area contributed by atoms with Gasteiger partial charge in [-0.15, -0.1) is 0 Å². The summed E-state index contributed by atoms with van der Waals surface area (Å²) in [5, 5.41) is 6.03. The first-order valence-corrected chi connectivity index (χ1v) is 7.78. The number of likely N-dealkylation sites (tertiary alicyclic amines) is 1. The molecular weight excluding hydrogens is 260 g/mol. The van der Waals surface area contributed by atoms with Gasteiger partial charge < -0.3 is 10.2 Å². The molecule has 0 aromatic heterocycles. The summed E-state index contributed by atoms with van der Waals surface area (Å²) in [6.45, 7) is 4.68. The lowest BCUT2D eigenvalue weighted by atomic mass is 10.0. The standard InChI is InChI=1S/C18H22N2O/c1-2-19-17(13-20-11-5-8-18(20)21)16-10-9-14-6-3-4-7-15(14)12-16/h3-4,6-7,9-10,12,17,19H,2,5,8,11,13H2,1H3. The number of nitrogens with one attached hydrogen (secondary N) is 1. The Bertz CT molecular complexity index is 638. The molecule has 1 aliphatic rings. The van der Waals surface area contributed by atoms with Gasteiger partial charge in [-0.05, 0) is 35.4 Å². The van der Waals surface area contributed by atoms with Crippen LogP contribution in [0.15, 0.2) is 42.5 Å². The van der Waals surface area contributed by atoms with Crippen molar-refractivity contribution in [2.45, 2.75) is 25.8 Å². The maximum Gasteiger partial charge on any atom is 0.222 e. The first kappa shape index (κ1) is 14.1. The fraction of sp³-hybridized carbons (Fsp3) is 0.389. The van der Waals surface area contributed by atoms with Gasteiger partial charge in [0.15, 0.2) is 0 Å². The predicted octanol–water partition coefficient (Wildman–Crippen LogP) is 3.11. The smallest absolute Gasteiger partial charge is 0.222 e. The minimum atomic E-state index is 0.210. The first-order valence-electron chi connectivity index (χ1n) is 7.78. The van der Waals surface area contributed by atoms with Crippen LogP contribution in [0.3, 0.4) is 0 Å². The molecule has 1 atom stereocenters. The van der Waals surface area contributed by atoms with Crippen molar-refractivity contribution < 1.29 is 4.79 Å². The highest BCUT2D eigenvalue weighted by Gasteiger charge is 2.23. The van der Waals surface area contributed by atoms with Crippen LogP contribution in [0, 0.1) is 0 Å². The van der Waals surface area contributed by atoms with E-state index in [-0.39, 0.29) is 6.04 Å². The summed E-state index contributed by atoms with van der Waals surface area (Å²) < 4.78 is 0. The van der Waals surface area contributed by atoms with Crippen molar-refractivity contribution in [2.75, 3.05) is 19.6 Å². The second-order valence-corrected chi connectivity index (χ2v) is 5.66. The lowest BCUT2D eigenvalue weighted by molar-refractivity contribution is -0.128. The number of nitrogens with zero attached hydrogens (tertiary/aromatic N) is 1. The van der Waals surface area contributed by atoms with Crippen molar-refractivity contribution in [2.24, 2.45) is 0 Å². The van der Waals surface area contributed by atoms with Crippen LogP contribution in [0.25, 0.3) is 10.8 Å². The molecule has 0 radical (unpaired) electrons. The summed E-state index contributed by atoms with van der Waals surface area (Å²) in [6.07, 6.45) is 1.70. The zero-order chi connectivity index (χ0) is 14.7. The maximum atomic E-state index is 11.9. The number of benzene rings is 2. The molecule has 2 aromatic rings. The Hall–Kier alpha value is -1.87. The molecule has 0 bridgehead atoms. The Morgan fingerprint density at radius 3 is 2.71 bits per heavy atom. The minimum absolute atomic E-state index is 0.210. The Kier molecular flexibility index (Phi) is 4.20. The van der Waals surface area contributed by atoms with Gasteiger partial charge in [0.1, 0.15) is 0 Å². The number of rotatable bonds is 5. The van der Waals surface area contributed by atoms with E-state index >= 15 is 0 Å². The van der Waals surface area contributed by atoms with Gasteiger partial charge in [-0.2, -0.15) is 0 Å². The number of carbonyl (C=O) groups excluding carboxylic acids is 1. The number of carbonyl (C=O) groups is 1. The van der Waals surface area contributed by atoms with Crippen LogP contribution in [-0.2, 0) is 4.79 Å².